The van der Waals surface area contributed by atoms with Gasteiger partial charge in [0.25, 0.3) is 0 Å². The molecule has 3 atom stereocenters. The summed E-state index contributed by atoms with van der Waals surface area (Å²) in [6, 6.07) is 6.82. The number of carboxylic acid groups (broad SMARTS) is 1. The van der Waals surface area contributed by atoms with Crippen molar-refractivity contribution in [2.45, 2.75) is 43.1 Å². The van der Waals surface area contributed by atoms with Gasteiger partial charge in [-0.25, -0.2) is 13.6 Å². The molecular weight excluding hydrogens is 304 g/mol. The number of benzene rings is 1. The number of aliphatic carboxylic acids is 1. The highest BCUT2D eigenvalue weighted by molar-refractivity contribution is 5.80. The van der Waals surface area contributed by atoms with Crippen molar-refractivity contribution in [3.63, 3.8) is 0 Å². The Kier molecular flexibility index (Phi) is 4.14. The van der Waals surface area contributed by atoms with E-state index in [9.17, 15) is 23.8 Å². The van der Waals surface area contributed by atoms with Crippen molar-refractivity contribution in [3.8, 4) is 0 Å². The summed E-state index contributed by atoms with van der Waals surface area (Å²) in [6.45, 7) is 1.53. The minimum atomic E-state index is -2.90. The van der Waals surface area contributed by atoms with Crippen LogP contribution in [0.5, 0.6) is 0 Å². The summed E-state index contributed by atoms with van der Waals surface area (Å²) in [4.78, 5) is 11.9. The average molecular weight is 325 g/mol. The smallest absolute Gasteiger partial charge is 0.340 e. The molecule has 2 fully saturated rings. The molecule has 0 amide bonds. The van der Waals surface area contributed by atoms with Crippen molar-refractivity contribution in [2.75, 3.05) is 13.1 Å². The molecule has 23 heavy (non-hydrogen) atoms. The first kappa shape index (κ1) is 16.3. The first-order valence-corrected chi connectivity index (χ1v) is 7.98. The fourth-order valence-electron chi connectivity index (χ4n) is 3.94. The third-order valence-corrected chi connectivity index (χ3v) is 5.19. The van der Waals surface area contributed by atoms with Gasteiger partial charge in [-0.3, -0.25) is 0 Å². The molecule has 2 aliphatic rings. The van der Waals surface area contributed by atoms with Crippen LogP contribution in [0.15, 0.2) is 24.3 Å². The number of aliphatic hydroxyl groups is 1. The topological polar surface area (TPSA) is 69.6 Å². The summed E-state index contributed by atoms with van der Waals surface area (Å²) < 4.78 is 27.2. The second kappa shape index (κ2) is 5.83. The SMILES string of the molecule is O=C(O)[C@](O)(c1ccccc1[C@@H]1CCNC1)[C@@H]1CCC(F)(F)C1. The molecule has 126 valence electrons. The molecule has 0 radical (unpaired) electrons. The molecule has 0 spiro atoms. The van der Waals surface area contributed by atoms with Gasteiger partial charge < -0.3 is 15.5 Å². The van der Waals surface area contributed by atoms with Crippen LogP contribution in [-0.4, -0.2) is 35.2 Å². The van der Waals surface area contributed by atoms with E-state index in [1.807, 2.05) is 0 Å². The Morgan fingerprint density at radius 1 is 1.30 bits per heavy atom. The Hall–Kier alpha value is -1.53. The zero-order valence-corrected chi connectivity index (χ0v) is 12.8. The second-order valence-electron chi connectivity index (χ2n) is 6.64. The second-order valence-corrected chi connectivity index (χ2v) is 6.64. The molecule has 3 rings (SSSR count). The van der Waals surface area contributed by atoms with Crippen LogP contribution < -0.4 is 5.32 Å². The maximum Gasteiger partial charge on any atom is 0.340 e. The van der Waals surface area contributed by atoms with Gasteiger partial charge in [0, 0.05) is 25.3 Å². The molecule has 1 aromatic rings. The lowest BCUT2D eigenvalue weighted by atomic mass is 9.76. The van der Waals surface area contributed by atoms with Gasteiger partial charge in [-0.1, -0.05) is 24.3 Å². The fraction of sp³-hybridized carbons (Fsp3) is 0.588. The van der Waals surface area contributed by atoms with E-state index < -0.39 is 29.8 Å². The van der Waals surface area contributed by atoms with Crippen LogP contribution in [-0.2, 0) is 10.4 Å². The van der Waals surface area contributed by atoms with Crippen LogP contribution in [0.25, 0.3) is 0 Å². The predicted octanol–water partition coefficient (Wildman–Crippen LogP) is 2.47. The molecule has 1 aliphatic carbocycles. The summed E-state index contributed by atoms with van der Waals surface area (Å²) in [7, 11) is 0. The molecule has 1 aromatic carbocycles. The van der Waals surface area contributed by atoms with Crippen LogP contribution >= 0.6 is 0 Å². The van der Waals surface area contributed by atoms with E-state index in [-0.39, 0.29) is 24.3 Å². The lowest BCUT2D eigenvalue weighted by molar-refractivity contribution is -0.167. The van der Waals surface area contributed by atoms with Crippen LogP contribution in [0.4, 0.5) is 8.78 Å². The minimum Gasteiger partial charge on any atom is -0.479 e. The van der Waals surface area contributed by atoms with Gasteiger partial charge in [-0.2, -0.15) is 0 Å². The third-order valence-electron chi connectivity index (χ3n) is 5.19. The van der Waals surface area contributed by atoms with Gasteiger partial charge >= 0.3 is 5.97 Å². The van der Waals surface area contributed by atoms with E-state index >= 15 is 0 Å². The van der Waals surface area contributed by atoms with Gasteiger partial charge in [0.2, 0.25) is 5.92 Å². The summed E-state index contributed by atoms with van der Waals surface area (Å²) >= 11 is 0. The average Bonchev–Trinajstić information content (AvgIpc) is 3.15. The monoisotopic (exact) mass is 325 g/mol. The number of halogens is 2. The summed E-state index contributed by atoms with van der Waals surface area (Å²) in [5.41, 5.74) is -1.25. The molecule has 0 unspecified atom stereocenters. The summed E-state index contributed by atoms with van der Waals surface area (Å²) in [6.07, 6.45) is -0.117. The summed E-state index contributed by atoms with van der Waals surface area (Å²) in [5.74, 6) is -5.24. The van der Waals surface area contributed by atoms with Crippen molar-refractivity contribution in [1.29, 1.82) is 0 Å². The lowest BCUT2D eigenvalue weighted by Gasteiger charge is -2.33. The molecule has 1 aliphatic heterocycles. The van der Waals surface area contributed by atoms with E-state index in [1.165, 1.54) is 0 Å². The molecule has 0 bridgehead atoms. The van der Waals surface area contributed by atoms with Crippen molar-refractivity contribution in [1.82, 2.24) is 5.32 Å². The van der Waals surface area contributed by atoms with Crippen LogP contribution in [0.1, 0.15) is 42.7 Å². The Balaban J connectivity index is 2.03. The van der Waals surface area contributed by atoms with Gasteiger partial charge in [0.1, 0.15) is 0 Å². The number of rotatable bonds is 4. The van der Waals surface area contributed by atoms with Crippen LogP contribution in [0, 0.1) is 5.92 Å². The van der Waals surface area contributed by atoms with E-state index in [4.69, 9.17) is 0 Å². The van der Waals surface area contributed by atoms with Gasteiger partial charge in [-0.15, -0.1) is 0 Å². The molecule has 1 saturated heterocycles. The Morgan fingerprint density at radius 3 is 2.61 bits per heavy atom. The first-order chi connectivity index (χ1) is 10.8. The van der Waals surface area contributed by atoms with Crippen molar-refractivity contribution in [2.24, 2.45) is 5.92 Å². The molecule has 1 heterocycles. The van der Waals surface area contributed by atoms with E-state index in [0.717, 1.165) is 18.5 Å². The molecule has 3 N–H and O–H groups in total. The molecule has 1 saturated carbocycles. The van der Waals surface area contributed by atoms with Crippen LogP contribution in [0.2, 0.25) is 0 Å². The zero-order chi connectivity index (χ0) is 16.7. The van der Waals surface area contributed by atoms with Gasteiger partial charge in [-0.05, 0) is 36.4 Å². The highest BCUT2D eigenvalue weighted by Crippen LogP contribution is 2.49. The lowest BCUT2D eigenvalue weighted by Crippen LogP contribution is -2.43. The van der Waals surface area contributed by atoms with E-state index in [0.29, 0.717) is 6.54 Å². The van der Waals surface area contributed by atoms with Crippen molar-refractivity contribution < 1.29 is 23.8 Å². The van der Waals surface area contributed by atoms with Crippen molar-refractivity contribution in [3.05, 3.63) is 35.4 Å². The number of carboxylic acids is 1. The Labute approximate surface area is 133 Å². The highest BCUT2D eigenvalue weighted by Gasteiger charge is 2.54. The zero-order valence-electron chi connectivity index (χ0n) is 12.8. The van der Waals surface area contributed by atoms with Crippen LogP contribution in [0.3, 0.4) is 0 Å². The number of hydrogen-bond acceptors (Lipinski definition) is 3. The summed E-state index contributed by atoms with van der Waals surface area (Å²) in [5, 5.41) is 23.9. The molecule has 4 nitrogen and oxygen atoms in total. The third kappa shape index (κ3) is 2.85. The standard InChI is InChI=1S/C17H21F2NO3/c18-16(19)7-5-12(9-16)17(23,15(21)22)14-4-2-1-3-13(14)11-6-8-20-10-11/h1-4,11-12,20,23H,5-10H2,(H,21,22)/t11-,12-,17-/m1/s1. The number of carbonyl (C=O) groups is 1. The largest absolute Gasteiger partial charge is 0.479 e. The maximum atomic E-state index is 13.6. The van der Waals surface area contributed by atoms with Gasteiger partial charge in [0.15, 0.2) is 5.60 Å². The minimum absolute atomic E-state index is 0.00699. The molecule has 0 aromatic heterocycles. The number of nitrogens with one attached hydrogen (secondary N) is 1. The Morgan fingerprint density at radius 2 is 2.04 bits per heavy atom. The van der Waals surface area contributed by atoms with Crippen molar-refractivity contribution >= 4 is 5.97 Å². The first-order valence-electron chi connectivity index (χ1n) is 7.98. The molecular formula is C17H21F2NO3. The number of hydrogen-bond donors (Lipinski definition) is 3. The fourth-order valence-corrected chi connectivity index (χ4v) is 3.94. The van der Waals surface area contributed by atoms with E-state index in [1.54, 1.807) is 24.3 Å². The maximum absolute atomic E-state index is 13.6. The Bertz CT molecular complexity index is 601. The molecule has 6 heteroatoms. The van der Waals surface area contributed by atoms with Gasteiger partial charge in [0.05, 0.1) is 0 Å². The highest BCUT2D eigenvalue weighted by atomic mass is 19.3. The van der Waals surface area contributed by atoms with E-state index in [2.05, 4.69) is 5.32 Å². The number of alkyl halides is 2. The predicted molar refractivity (Wildman–Crippen MR) is 80.5 cm³/mol. The normalized spacial score (nSPS) is 29.3. The quantitative estimate of drug-likeness (QED) is 0.795.